The monoisotopic (exact) mass is 1730 g/mol. The van der Waals surface area contributed by atoms with Gasteiger partial charge in [0.1, 0.15) is 0 Å². The lowest BCUT2D eigenvalue weighted by Crippen LogP contribution is -2.34. The molecule has 120 heavy (non-hydrogen) atoms. The van der Waals surface area contributed by atoms with E-state index in [0.29, 0.717) is 87.0 Å². The third-order valence-electron chi connectivity index (χ3n) is 24.5. The Labute approximate surface area is 749 Å². The number of hydrogen-bond donors (Lipinski definition) is 16. The van der Waals surface area contributed by atoms with Crippen LogP contribution in [0.5, 0.6) is 0 Å². The Morgan fingerprint density at radius 1 is 0.333 bits per heavy atom. The van der Waals surface area contributed by atoms with Gasteiger partial charge in [0.15, 0.2) is 0 Å². The summed E-state index contributed by atoms with van der Waals surface area (Å²) in [5.74, 6) is 9.39. The van der Waals surface area contributed by atoms with E-state index in [9.17, 15) is 25.5 Å². The largest absolute Gasteiger partial charge is 0.396 e. The van der Waals surface area contributed by atoms with Gasteiger partial charge in [0.05, 0.1) is 50.9 Å². The molecule has 4 saturated carbocycles. The Balaban J connectivity index is -0.000000160. The van der Waals surface area contributed by atoms with Crippen molar-refractivity contribution in [2.45, 2.75) is 538 Å². The highest BCUT2D eigenvalue weighted by atomic mass is 16.3. The minimum Gasteiger partial charge on any atom is -0.396 e. The van der Waals surface area contributed by atoms with E-state index in [1.54, 1.807) is 48.5 Å². The third-order valence-corrected chi connectivity index (χ3v) is 24.5. The summed E-state index contributed by atoms with van der Waals surface area (Å²) in [6, 6.07) is 0. The number of unbranched alkanes of at least 4 members (excludes halogenated alkanes) is 3. The van der Waals surface area contributed by atoms with Crippen molar-refractivity contribution in [2.75, 3.05) is 46.2 Å². The van der Waals surface area contributed by atoms with E-state index in [4.69, 9.17) is 56.2 Å². The van der Waals surface area contributed by atoms with Crippen LogP contribution in [-0.4, -0.2) is 179 Å². The zero-order chi connectivity index (χ0) is 96.2. The molecule has 0 amide bonds. The SMILES string of the molecule is CC(C)(O)CCCCC(C)(C)O.CC(C)(O)CCO.CC(C)CCCC(C)CCO.CC(C)CCCCC(C)(C)O.CC(C)CCCCC(C)CO.CC(C)CCO.CC(O)C(C)(C)O.CC1CCC(C(C)(C)O)CC1.CC1CCC(C(C)CO)CC1.CC1CCC(C)(CO)CC1.CCC(C)(C)O.CCC(C)CO.CCC1(C)CCC(C)(O)CC1. The van der Waals surface area contributed by atoms with Crippen molar-refractivity contribution in [3.05, 3.63) is 0 Å². The summed E-state index contributed by atoms with van der Waals surface area (Å²) in [4.78, 5) is 0. The standard InChI is InChI=1S/C10H22O2.3C10H20O.3C10H22O.C9H18O.2C5H12O2.3C5H12O/c1-9(2,11)7-5-6-8-10(3,4)12;1-8-4-6-9(7-5-8)10(2,3)11;1-8-3-5-10(6-4-8)9(2)7-11;1-4-9(2)5-7-10(3,11)8-6-9;1-9(2)7-5-6-8-10(3,4)11;1-9(2)5-4-6-10(3)7-8-11;1-9(2)6-4-5-7-10(3)8-11;1-8-3-5-9(2,7-10)6-4-8;1-5(2,7)3-4-6;1-4(6)5(2,3)7;1-5(2)3-4-6;1-4-5(2,3)6;1-3-5(2)4-6/h11-12H,5-8H2,1-4H3;8-9,11H,4-7H2,1-3H3;8-11H,3-7H2,1-2H3;11H,4-8H2,1-3H3;9,11H,5-8H2,1-4H3;2*9-11H,4-8H2,1-3H3;8,10H,3-7H2,1-2H3;6-7H,3-4H2,1-2H3;4,6-7H,1-3H3;5-6H,3-4H2,1-2H3;6H,4H2,1-3H3;5-6H,3-4H2,1-2H3. The maximum atomic E-state index is 9.73. The predicted molar refractivity (Wildman–Crippen MR) is 521 cm³/mol. The molecule has 16 nitrogen and oxygen atoms in total. The molecule has 0 heterocycles. The van der Waals surface area contributed by atoms with Crippen LogP contribution in [0.2, 0.25) is 0 Å². The molecule has 16 N–H and O–H groups in total. The highest BCUT2D eigenvalue weighted by Gasteiger charge is 2.35. The fraction of sp³-hybridized carbons (Fsp3) is 1.00. The van der Waals surface area contributed by atoms with Crippen molar-refractivity contribution in [1.29, 1.82) is 0 Å². The summed E-state index contributed by atoms with van der Waals surface area (Å²) in [6.07, 6.45) is 41.9. The molecule has 0 aromatic carbocycles. The van der Waals surface area contributed by atoms with Gasteiger partial charge in [0, 0.05) is 46.2 Å². The van der Waals surface area contributed by atoms with Gasteiger partial charge in [-0.2, -0.15) is 0 Å². The minimum atomic E-state index is -0.944. The fourth-order valence-corrected chi connectivity index (χ4v) is 12.6. The lowest BCUT2D eigenvalue weighted by molar-refractivity contribution is -0.0375. The van der Waals surface area contributed by atoms with Gasteiger partial charge in [-0.25, -0.2) is 0 Å². The van der Waals surface area contributed by atoms with Gasteiger partial charge >= 0.3 is 0 Å². The van der Waals surface area contributed by atoms with Crippen molar-refractivity contribution in [2.24, 2.45) is 87.8 Å². The predicted octanol–water partition coefficient (Wildman–Crippen LogP) is 24.2. The van der Waals surface area contributed by atoms with Crippen LogP contribution in [0.4, 0.5) is 0 Å². The highest BCUT2D eigenvalue weighted by molar-refractivity contribution is 4.88. The summed E-state index contributed by atoms with van der Waals surface area (Å²) in [5.41, 5.74) is -3.71. The quantitative estimate of drug-likeness (QED) is 0.0262. The summed E-state index contributed by atoms with van der Waals surface area (Å²) >= 11 is 0. The summed E-state index contributed by atoms with van der Waals surface area (Å²) in [6.45, 7) is 74.6. The summed E-state index contributed by atoms with van der Waals surface area (Å²) in [5, 5.41) is 143. The van der Waals surface area contributed by atoms with Crippen LogP contribution in [0.25, 0.3) is 0 Å². The first kappa shape index (κ1) is 137. The molecule has 4 aliphatic rings. The van der Waals surface area contributed by atoms with E-state index in [0.717, 1.165) is 118 Å². The van der Waals surface area contributed by atoms with Gasteiger partial charge in [-0.05, 0) is 314 Å². The molecule has 0 aliphatic heterocycles. The molecule has 4 rings (SSSR count). The average Bonchev–Trinajstić information content (AvgIpc) is 0.693. The number of hydrogen-bond acceptors (Lipinski definition) is 16. The van der Waals surface area contributed by atoms with E-state index in [2.05, 4.69) is 125 Å². The molecule has 0 spiro atoms. The van der Waals surface area contributed by atoms with Crippen molar-refractivity contribution in [3.8, 4) is 0 Å². The molecule has 0 saturated heterocycles. The van der Waals surface area contributed by atoms with E-state index < -0.39 is 45.3 Å². The first-order valence-electron chi connectivity index (χ1n) is 49.2. The Morgan fingerprint density at radius 3 is 0.900 bits per heavy atom. The van der Waals surface area contributed by atoms with Gasteiger partial charge in [0.25, 0.3) is 0 Å². The molecule has 5 atom stereocenters. The van der Waals surface area contributed by atoms with Crippen molar-refractivity contribution in [1.82, 2.24) is 0 Å². The molecule has 0 bridgehead atoms. The number of aliphatic hydroxyl groups excluding tert-OH is 8. The number of rotatable bonds is 35. The van der Waals surface area contributed by atoms with Crippen molar-refractivity contribution < 1.29 is 81.7 Å². The Kier molecular flexibility index (Phi) is 88.3. The molecule has 0 aromatic rings. The van der Waals surface area contributed by atoms with Crippen LogP contribution in [0, 0.1) is 87.8 Å². The van der Waals surface area contributed by atoms with Gasteiger partial charge < -0.3 is 81.7 Å². The second-order valence-electron chi connectivity index (χ2n) is 45.2. The van der Waals surface area contributed by atoms with Crippen LogP contribution in [0.3, 0.4) is 0 Å². The molecular weight excluding hydrogens is 1510 g/mol. The molecule has 16 heteroatoms. The molecule has 5 unspecified atom stereocenters. The van der Waals surface area contributed by atoms with Crippen molar-refractivity contribution >= 4 is 0 Å². The fourth-order valence-electron chi connectivity index (χ4n) is 12.6. The van der Waals surface area contributed by atoms with Crippen LogP contribution < -0.4 is 0 Å². The lowest BCUT2D eigenvalue weighted by atomic mass is 9.69. The topological polar surface area (TPSA) is 324 Å². The first-order chi connectivity index (χ1) is 54.5. The van der Waals surface area contributed by atoms with Crippen molar-refractivity contribution in [3.63, 3.8) is 0 Å². The maximum absolute atomic E-state index is 9.73. The van der Waals surface area contributed by atoms with E-state index in [1.807, 2.05) is 76.2 Å². The van der Waals surface area contributed by atoms with E-state index in [1.165, 1.54) is 154 Å². The number of aliphatic hydroxyl groups is 16. The summed E-state index contributed by atoms with van der Waals surface area (Å²) < 4.78 is 0. The third kappa shape index (κ3) is 113. The smallest absolute Gasteiger partial charge is 0.0846 e. The molecule has 4 aliphatic carbocycles. The van der Waals surface area contributed by atoms with Crippen LogP contribution in [-0.2, 0) is 0 Å². The molecule has 0 aromatic heterocycles. The second kappa shape index (κ2) is 77.2. The molecule has 0 radical (unpaired) electrons. The van der Waals surface area contributed by atoms with Crippen LogP contribution in [0.1, 0.15) is 487 Å². The normalized spacial score (nSPS) is 22.6. The van der Waals surface area contributed by atoms with Gasteiger partial charge in [0.2, 0.25) is 0 Å². The molecular formula is C104H226O16. The molecule has 738 valence electrons. The minimum absolute atomic E-state index is 0.0590. The maximum Gasteiger partial charge on any atom is 0.0846 e. The Morgan fingerprint density at radius 2 is 0.650 bits per heavy atom. The zero-order valence-corrected chi connectivity index (χ0v) is 87.4. The second-order valence-corrected chi connectivity index (χ2v) is 45.2. The lowest BCUT2D eigenvalue weighted by Gasteiger charge is -2.39. The Bertz CT molecular complexity index is 2030. The zero-order valence-electron chi connectivity index (χ0n) is 87.4. The van der Waals surface area contributed by atoms with Crippen LogP contribution >= 0.6 is 0 Å². The van der Waals surface area contributed by atoms with E-state index in [-0.39, 0.29) is 17.6 Å². The van der Waals surface area contributed by atoms with E-state index >= 15 is 0 Å². The van der Waals surface area contributed by atoms with Gasteiger partial charge in [-0.3, -0.25) is 0 Å². The summed E-state index contributed by atoms with van der Waals surface area (Å²) in [7, 11) is 0. The van der Waals surface area contributed by atoms with Crippen LogP contribution in [0.15, 0.2) is 0 Å². The van der Waals surface area contributed by atoms with Gasteiger partial charge in [-0.1, -0.05) is 260 Å². The highest BCUT2D eigenvalue weighted by Crippen LogP contribution is 2.43. The first-order valence-corrected chi connectivity index (χ1v) is 49.2. The van der Waals surface area contributed by atoms with Gasteiger partial charge in [-0.15, -0.1) is 0 Å². The molecule has 4 fully saturated rings. The average molecular weight is 1730 g/mol. The Hall–Kier alpha value is -0.640.